The number of rotatable bonds is 0. The second-order valence-corrected chi connectivity index (χ2v) is 6.10. The quantitative estimate of drug-likeness (QED) is 0.341. The average Bonchev–Trinajstić information content (AvgIpc) is 2.42. The molecule has 8 heteroatoms. The summed E-state index contributed by atoms with van der Waals surface area (Å²) in [6, 6.07) is 25.0. The molecule has 0 saturated heterocycles. The van der Waals surface area contributed by atoms with E-state index in [9.17, 15) is 0 Å². The Morgan fingerprint density at radius 2 is 0.950 bits per heavy atom. The Kier molecular flexibility index (Phi) is 18.6. The van der Waals surface area contributed by atoms with Gasteiger partial charge in [0.05, 0.1) is 0 Å². The smallest absolute Gasteiger partial charge is 0.171 e. The first kappa shape index (κ1) is 22.1. The first-order valence-corrected chi connectivity index (χ1v) is 10.4. The number of benzene rings is 2. The molecular formula is C12H13Cl2O4PPd-2. The average molecular weight is 430 g/mol. The van der Waals surface area contributed by atoms with E-state index in [1.165, 1.54) is 0 Å². The van der Waals surface area contributed by atoms with Crippen molar-refractivity contribution in [2.45, 2.75) is 0 Å². The second kappa shape index (κ2) is 16.8. The predicted molar refractivity (Wildman–Crippen MR) is 76.5 cm³/mol. The van der Waals surface area contributed by atoms with Crippen molar-refractivity contribution in [2.75, 3.05) is 0 Å². The van der Waals surface area contributed by atoms with Crippen LogP contribution in [0.15, 0.2) is 60.7 Å². The molecule has 0 amide bonds. The van der Waals surface area contributed by atoms with E-state index in [1.54, 1.807) is 0 Å². The molecule has 0 aliphatic carbocycles. The fraction of sp³-hybridized carbons (Fsp3) is 0. The summed E-state index contributed by atoms with van der Waals surface area (Å²) >= 11 is -0.106. The summed E-state index contributed by atoms with van der Waals surface area (Å²) in [5.74, 6) is 0. The molecule has 2 aromatic rings. The van der Waals surface area contributed by atoms with Gasteiger partial charge < -0.3 is 14.7 Å². The van der Waals surface area contributed by atoms with Gasteiger partial charge in [0, 0.05) is 0 Å². The molecule has 0 aliphatic rings. The van der Waals surface area contributed by atoms with Gasteiger partial charge in [-0.1, -0.05) is 0 Å². The first-order chi connectivity index (χ1) is 9.41. The Balaban J connectivity index is 0. The molecule has 0 aromatic heterocycles. The van der Waals surface area contributed by atoms with E-state index in [2.05, 4.69) is 12.1 Å². The van der Waals surface area contributed by atoms with Crippen LogP contribution in [0.5, 0.6) is 0 Å². The molecule has 0 unspecified atom stereocenters. The van der Waals surface area contributed by atoms with Gasteiger partial charge >= 0.3 is 42.8 Å². The van der Waals surface area contributed by atoms with Crippen LogP contribution in [0.25, 0.3) is 0 Å². The Bertz CT molecular complexity index is 335. The van der Waals surface area contributed by atoms with Crippen LogP contribution in [-0.4, -0.2) is 14.7 Å². The number of halogens is 2. The molecule has 20 heavy (non-hydrogen) atoms. The molecule has 116 valence electrons. The number of hydrogen-bond acceptors (Lipinski definition) is 1. The first-order valence-electron chi connectivity index (χ1n) is 4.84. The zero-order chi connectivity index (χ0) is 15.7. The van der Waals surface area contributed by atoms with Gasteiger partial charge in [0.2, 0.25) is 0 Å². The molecule has 0 saturated carbocycles. The van der Waals surface area contributed by atoms with Crippen molar-refractivity contribution in [3.05, 3.63) is 72.8 Å². The van der Waals surface area contributed by atoms with Crippen LogP contribution in [-0.2, 0) is 20.5 Å². The van der Waals surface area contributed by atoms with Crippen molar-refractivity contribution in [1.82, 2.24) is 0 Å². The van der Waals surface area contributed by atoms with Crippen molar-refractivity contribution in [3.8, 4) is 0 Å². The standard InChI is InChI=1S/2C6H5.2ClH.H3O4P.Pd/c2*1-2-4-6-5-3-1;;;1-5(2,3)4;/h2*1-5H;2*1H;(H3,1,2,3,4);/q2*-1;;;;+2/p-2. The van der Waals surface area contributed by atoms with Crippen molar-refractivity contribution >= 4 is 26.9 Å². The topological polar surface area (TPSA) is 77.8 Å². The van der Waals surface area contributed by atoms with Crippen LogP contribution < -0.4 is 0 Å². The zero-order valence-electron chi connectivity index (χ0n) is 10.0. The van der Waals surface area contributed by atoms with E-state index in [4.69, 9.17) is 38.3 Å². The van der Waals surface area contributed by atoms with E-state index in [0.717, 1.165) is 0 Å². The van der Waals surface area contributed by atoms with E-state index in [-0.39, 0.29) is 15.9 Å². The SMILES string of the molecule is O=P(O)(O)O.[Cl][Pd][Cl].[c-]1ccccc1.[c-]1ccccc1. The molecule has 0 bridgehead atoms. The Morgan fingerprint density at radius 1 is 0.750 bits per heavy atom. The zero-order valence-corrected chi connectivity index (χ0v) is 14.0. The van der Waals surface area contributed by atoms with E-state index < -0.39 is 7.82 Å². The fourth-order valence-electron chi connectivity index (χ4n) is 0.684. The Morgan fingerprint density at radius 3 is 1.00 bits per heavy atom. The van der Waals surface area contributed by atoms with Crippen molar-refractivity contribution in [1.29, 1.82) is 0 Å². The fourth-order valence-corrected chi connectivity index (χ4v) is 0.684. The van der Waals surface area contributed by atoms with E-state index in [1.807, 2.05) is 60.7 Å². The summed E-state index contributed by atoms with van der Waals surface area (Å²) < 4.78 is 8.88. The minimum absolute atomic E-state index is 0.106. The van der Waals surface area contributed by atoms with E-state index >= 15 is 0 Å². The third kappa shape index (κ3) is 36.1. The molecule has 4 nitrogen and oxygen atoms in total. The Hall–Kier alpha value is -0.208. The molecule has 0 radical (unpaired) electrons. The number of hydrogen-bond donors (Lipinski definition) is 3. The predicted octanol–water partition coefficient (Wildman–Crippen LogP) is 3.42. The molecular weight excluding hydrogens is 416 g/mol. The summed E-state index contributed by atoms with van der Waals surface area (Å²) in [6.45, 7) is 0. The summed E-state index contributed by atoms with van der Waals surface area (Å²) in [5, 5.41) is 0. The van der Waals surface area contributed by atoms with Crippen LogP contribution in [0.1, 0.15) is 0 Å². The number of phosphoric acid groups is 1. The van der Waals surface area contributed by atoms with E-state index in [0.29, 0.717) is 0 Å². The van der Waals surface area contributed by atoms with Gasteiger partial charge in [-0.3, -0.25) is 0 Å². The summed E-state index contributed by atoms with van der Waals surface area (Å²) in [4.78, 5) is 21.6. The monoisotopic (exact) mass is 428 g/mol. The molecule has 0 heterocycles. The molecule has 0 aliphatic heterocycles. The van der Waals surface area contributed by atoms with Gasteiger partial charge in [0.1, 0.15) is 0 Å². The molecule has 3 N–H and O–H groups in total. The molecule has 2 rings (SSSR count). The maximum atomic E-state index is 8.88. The van der Waals surface area contributed by atoms with Crippen LogP contribution in [0.3, 0.4) is 0 Å². The minimum Gasteiger partial charge on any atom is -0.184 e. The summed E-state index contributed by atoms with van der Waals surface area (Å²) in [7, 11) is 4.99. The minimum atomic E-state index is -4.64. The summed E-state index contributed by atoms with van der Waals surface area (Å²) in [5.41, 5.74) is 0. The molecule has 0 spiro atoms. The normalized spacial score (nSPS) is 8.85. The molecule has 2 aromatic carbocycles. The van der Waals surface area contributed by atoms with Gasteiger partial charge in [-0.15, -0.1) is 0 Å². The molecule has 0 fully saturated rings. The third-order valence-corrected chi connectivity index (χ3v) is 1.21. The maximum absolute atomic E-state index is 8.88. The molecule has 0 atom stereocenters. The van der Waals surface area contributed by atoms with Crippen LogP contribution >= 0.6 is 26.9 Å². The summed E-state index contributed by atoms with van der Waals surface area (Å²) in [6.07, 6.45) is 0. The van der Waals surface area contributed by atoms with Crippen LogP contribution in [0, 0.1) is 12.1 Å². The van der Waals surface area contributed by atoms with Crippen LogP contribution in [0.2, 0.25) is 0 Å². The second-order valence-electron chi connectivity index (χ2n) is 2.71. The van der Waals surface area contributed by atoms with Gasteiger partial charge in [-0.05, 0) is 0 Å². The third-order valence-electron chi connectivity index (χ3n) is 1.21. The van der Waals surface area contributed by atoms with Crippen molar-refractivity contribution in [2.24, 2.45) is 0 Å². The van der Waals surface area contributed by atoms with Gasteiger partial charge in [-0.2, -0.15) is 72.8 Å². The van der Waals surface area contributed by atoms with Gasteiger partial charge in [0.15, 0.2) is 0 Å². The van der Waals surface area contributed by atoms with Gasteiger partial charge in [-0.25, -0.2) is 4.57 Å². The van der Waals surface area contributed by atoms with Crippen molar-refractivity contribution < 1.29 is 35.2 Å². The Labute approximate surface area is 134 Å². The van der Waals surface area contributed by atoms with Gasteiger partial charge in [0.25, 0.3) is 0 Å². The van der Waals surface area contributed by atoms with Crippen LogP contribution in [0.4, 0.5) is 0 Å². The largest absolute Gasteiger partial charge is 0.184 e. The van der Waals surface area contributed by atoms with Crippen molar-refractivity contribution in [3.63, 3.8) is 0 Å². The maximum Gasteiger partial charge on any atom is -0.171 e.